The number of nitrogens with two attached hydrogens (primary N) is 1. The van der Waals surface area contributed by atoms with Gasteiger partial charge in [0.05, 0.1) is 12.0 Å². The molecule has 4 N–H and O–H groups in total. The van der Waals surface area contributed by atoms with Crippen molar-refractivity contribution in [1.29, 1.82) is 0 Å². The minimum absolute atomic E-state index is 0.154. The summed E-state index contributed by atoms with van der Waals surface area (Å²) in [6, 6.07) is 0. The maximum atomic E-state index is 10.7. The molecular formula is C8H14N2O4. The van der Waals surface area contributed by atoms with Crippen molar-refractivity contribution in [1.82, 2.24) is 5.32 Å². The van der Waals surface area contributed by atoms with Crippen molar-refractivity contribution in [3.05, 3.63) is 0 Å². The molecule has 80 valence electrons. The van der Waals surface area contributed by atoms with E-state index in [9.17, 15) is 9.59 Å². The first-order valence-corrected chi connectivity index (χ1v) is 4.43. The number of hydrogen-bond acceptors (Lipinski definition) is 4. The fraction of sp³-hybridized carbons (Fsp3) is 0.750. The third-order valence-electron chi connectivity index (χ3n) is 2.12. The first-order valence-electron chi connectivity index (χ1n) is 4.43. The molecule has 0 radical (unpaired) electrons. The molecule has 0 aromatic carbocycles. The highest BCUT2D eigenvalue weighted by atomic mass is 16.5. The molecule has 2 atom stereocenters. The predicted molar refractivity (Wildman–Crippen MR) is 47.5 cm³/mol. The maximum absolute atomic E-state index is 10.7. The molecule has 0 spiro atoms. The highest BCUT2D eigenvalue weighted by Gasteiger charge is 2.27. The van der Waals surface area contributed by atoms with Crippen LogP contribution in [0.1, 0.15) is 6.42 Å². The summed E-state index contributed by atoms with van der Waals surface area (Å²) in [5, 5.41) is 11.7. The quantitative estimate of drug-likeness (QED) is 0.517. The molecule has 0 bridgehead atoms. The van der Waals surface area contributed by atoms with Crippen LogP contribution in [0.4, 0.5) is 0 Å². The van der Waals surface area contributed by atoms with E-state index in [1.807, 2.05) is 0 Å². The second-order valence-electron chi connectivity index (χ2n) is 3.33. The lowest BCUT2D eigenvalue weighted by molar-refractivity contribution is -0.144. The fourth-order valence-corrected chi connectivity index (χ4v) is 1.42. The third-order valence-corrected chi connectivity index (χ3v) is 2.12. The number of carbonyl (C=O) groups excluding carboxylic acids is 1. The lowest BCUT2D eigenvalue weighted by Crippen LogP contribution is -2.44. The Labute approximate surface area is 81.4 Å². The number of rotatable bonds is 4. The Kier molecular flexibility index (Phi) is 3.84. The standard InChI is InChI=1S/C8H14N2O4/c9-7(11)4-14-6-1-5(8(12)13)2-10-3-6/h5-6,10H,1-4H2,(H2,9,11)(H,12,13). The molecule has 1 saturated heterocycles. The predicted octanol–water partition coefficient (Wildman–Crippen LogP) is -1.45. The van der Waals surface area contributed by atoms with E-state index in [-0.39, 0.29) is 12.7 Å². The topological polar surface area (TPSA) is 102 Å². The van der Waals surface area contributed by atoms with Gasteiger partial charge in [-0.2, -0.15) is 0 Å². The van der Waals surface area contributed by atoms with Crippen LogP contribution in [0.5, 0.6) is 0 Å². The van der Waals surface area contributed by atoms with Crippen molar-refractivity contribution in [3.8, 4) is 0 Å². The van der Waals surface area contributed by atoms with E-state index in [1.54, 1.807) is 0 Å². The van der Waals surface area contributed by atoms with Gasteiger partial charge in [-0.05, 0) is 6.42 Å². The van der Waals surface area contributed by atoms with Crippen molar-refractivity contribution < 1.29 is 19.4 Å². The number of amides is 1. The Balaban J connectivity index is 2.32. The van der Waals surface area contributed by atoms with Gasteiger partial charge < -0.3 is 20.9 Å². The SMILES string of the molecule is NC(=O)COC1CNCC(C(=O)O)C1. The van der Waals surface area contributed by atoms with Gasteiger partial charge >= 0.3 is 5.97 Å². The Morgan fingerprint density at radius 3 is 2.79 bits per heavy atom. The smallest absolute Gasteiger partial charge is 0.307 e. The van der Waals surface area contributed by atoms with Crippen LogP contribution in [0.3, 0.4) is 0 Å². The second-order valence-corrected chi connectivity index (χ2v) is 3.33. The zero-order valence-corrected chi connectivity index (χ0v) is 7.73. The number of carbonyl (C=O) groups is 2. The number of aliphatic carboxylic acids is 1. The van der Waals surface area contributed by atoms with Crippen LogP contribution >= 0.6 is 0 Å². The normalized spacial score (nSPS) is 27.1. The summed E-state index contributed by atoms with van der Waals surface area (Å²) < 4.78 is 5.12. The van der Waals surface area contributed by atoms with Crippen molar-refractivity contribution in [2.75, 3.05) is 19.7 Å². The second kappa shape index (κ2) is 4.92. The van der Waals surface area contributed by atoms with Crippen molar-refractivity contribution >= 4 is 11.9 Å². The molecule has 0 aliphatic carbocycles. The lowest BCUT2D eigenvalue weighted by Gasteiger charge is -2.27. The molecular weight excluding hydrogens is 188 g/mol. The molecule has 1 aliphatic rings. The summed E-state index contributed by atoms with van der Waals surface area (Å²) in [6.45, 7) is 0.863. The highest BCUT2D eigenvalue weighted by molar-refractivity contribution is 5.75. The van der Waals surface area contributed by atoms with Crippen molar-refractivity contribution in [3.63, 3.8) is 0 Å². The molecule has 0 aromatic rings. The molecule has 14 heavy (non-hydrogen) atoms. The van der Waals surface area contributed by atoms with Gasteiger partial charge in [-0.1, -0.05) is 0 Å². The van der Waals surface area contributed by atoms with Crippen LogP contribution in [-0.4, -0.2) is 42.8 Å². The van der Waals surface area contributed by atoms with Crippen LogP contribution in [0, 0.1) is 5.92 Å². The van der Waals surface area contributed by atoms with E-state index >= 15 is 0 Å². The number of carboxylic acids is 1. The van der Waals surface area contributed by atoms with E-state index in [1.165, 1.54) is 0 Å². The summed E-state index contributed by atoms with van der Waals surface area (Å²) in [5.41, 5.74) is 4.90. The van der Waals surface area contributed by atoms with E-state index in [0.717, 1.165) is 0 Å². The molecule has 0 aromatic heterocycles. The number of hydrogen-bond donors (Lipinski definition) is 3. The Hall–Kier alpha value is -1.14. The molecule has 1 rings (SSSR count). The van der Waals surface area contributed by atoms with Crippen molar-refractivity contribution in [2.45, 2.75) is 12.5 Å². The van der Waals surface area contributed by atoms with Gasteiger partial charge in [0, 0.05) is 13.1 Å². The third kappa shape index (κ3) is 3.31. The zero-order chi connectivity index (χ0) is 10.6. The fourth-order valence-electron chi connectivity index (χ4n) is 1.42. The lowest BCUT2D eigenvalue weighted by atomic mass is 9.98. The average Bonchev–Trinajstić information content (AvgIpc) is 2.15. The van der Waals surface area contributed by atoms with Gasteiger partial charge in [-0.25, -0.2) is 0 Å². The van der Waals surface area contributed by atoms with Gasteiger partial charge in [-0.15, -0.1) is 0 Å². The highest BCUT2D eigenvalue weighted by Crippen LogP contribution is 2.13. The van der Waals surface area contributed by atoms with Gasteiger partial charge in [-0.3, -0.25) is 9.59 Å². The van der Waals surface area contributed by atoms with E-state index < -0.39 is 17.8 Å². The number of piperidine rings is 1. The minimum Gasteiger partial charge on any atom is -0.481 e. The van der Waals surface area contributed by atoms with Crippen LogP contribution in [0.15, 0.2) is 0 Å². The van der Waals surface area contributed by atoms with Crippen LogP contribution < -0.4 is 11.1 Å². The number of carboxylic acid groups (broad SMARTS) is 1. The first-order chi connectivity index (χ1) is 6.59. The monoisotopic (exact) mass is 202 g/mol. The Morgan fingerprint density at radius 2 is 2.21 bits per heavy atom. The van der Waals surface area contributed by atoms with Crippen molar-refractivity contribution in [2.24, 2.45) is 11.7 Å². The molecule has 0 saturated carbocycles. The molecule has 6 nitrogen and oxygen atoms in total. The van der Waals surface area contributed by atoms with Crippen LogP contribution in [-0.2, 0) is 14.3 Å². The zero-order valence-electron chi connectivity index (χ0n) is 7.73. The molecule has 1 heterocycles. The number of primary amides is 1. The van der Waals surface area contributed by atoms with Gasteiger partial charge in [0.2, 0.25) is 5.91 Å². The Bertz CT molecular complexity index is 231. The molecule has 1 aliphatic heterocycles. The van der Waals surface area contributed by atoms with E-state index in [0.29, 0.717) is 19.5 Å². The molecule has 1 fully saturated rings. The number of ether oxygens (including phenoxy) is 1. The minimum atomic E-state index is -0.843. The largest absolute Gasteiger partial charge is 0.481 e. The van der Waals surface area contributed by atoms with Crippen LogP contribution in [0.25, 0.3) is 0 Å². The van der Waals surface area contributed by atoms with E-state index in [4.69, 9.17) is 15.6 Å². The maximum Gasteiger partial charge on any atom is 0.307 e. The van der Waals surface area contributed by atoms with Crippen LogP contribution in [0.2, 0.25) is 0 Å². The summed E-state index contributed by atoms with van der Waals surface area (Å²) in [4.78, 5) is 21.1. The van der Waals surface area contributed by atoms with Gasteiger partial charge in [0.1, 0.15) is 6.61 Å². The number of nitrogens with one attached hydrogen (secondary N) is 1. The molecule has 2 unspecified atom stereocenters. The Morgan fingerprint density at radius 1 is 1.50 bits per heavy atom. The summed E-state index contributed by atoms with van der Waals surface area (Å²) in [5.74, 6) is -1.83. The first kappa shape index (κ1) is 10.9. The van der Waals surface area contributed by atoms with Gasteiger partial charge in [0.15, 0.2) is 0 Å². The summed E-state index contributed by atoms with van der Waals surface area (Å²) >= 11 is 0. The summed E-state index contributed by atoms with van der Waals surface area (Å²) in [6.07, 6.45) is 0.188. The van der Waals surface area contributed by atoms with E-state index in [2.05, 4.69) is 5.32 Å². The summed E-state index contributed by atoms with van der Waals surface area (Å²) in [7, 11) is 0. The van der Waals surface area contributed by atoms with Gasteiger partial charge in [0.25, 0.3) is 0 Å². The molecule has 6 heteroatoms. The average molecular weight is 202 g/mol. The molecule has 1 amide bonds.